The second kappa shape index (κ2) is 3.65. The molecule has 0 spiro atoms. The average Bonchev–Trinajstić information content (AvgIpc) is 2.08. The Morgan fingerprint density at radius 2 is 1.50 bits per heavy atom. The van der Waals surface area contributed by atoms with Gasteiger partial charge in [0.2, 0.25) is 0 Å². The minimum absolute atomic E-state index is 0.526. The molecule has 5 N–H and O–H groups in total. The summed E-state index contributed by atoms with van der Waals surface area (Å²) in [5, 5.41) is 44.7. The molecule has 1 rings (SSSR count). The Bertz CT molecular complexity index is 146. The normalized spacial score (nSPS) is 49.2. The maximum atomic E-state index is 9.12. The predicted octanol–water partition coefficient (Wildman–Crippen LogP) is -3.22. The highest BCUT2D eigenvalue weighted by atomic mass is 16.6. The van der Waals surface area contributed by atoms with Crippen molar-refractivity contribution in [2.75, 3.05) is 6.61 Å². The monoisotopic (exact) mass is 180 g/mol. The van der Waals surface area contributed by atoms with Crippen molar-refractivity contribution < 1.29 is 30.3 Å². The van der Waals surface area contributed by atoms with Gasteiger partial charge in [0.25, 0.3) is 0 Å². The number of aliphatic hydroxyl groups is 5. The van der Waals surface area contributed by atoms with E-state index in [1.165, 1.54) is 0 Å². The zero-order valence-corrected chi connectivity index (χ0v) is 6.24. The van der Waals surface area contributed by atoms with Gasteiger partial charge >= 0.3 is 0 Å². The highest BCUT2D eigenvalue weighted by molar-refractivity contribution is 4.87. The maximum absolute atomic E-state index is 9.12. The van der Waals surface area contributed by atoms with Gasteiger partial charge in [-0.25, -0.2) is 0 Å². The van der Waals surface area contributed by atoms with Crippen LogP contribution in [0.2, 0.25) is 0 Å². The van der Waals surface area contributed by atoms with E-state index in [9.17, 15) is 0 Å². The molecule has 6 heteroatoms. The van der Waals surface area contributed by atoms with Crippen LogP contribution >= 0.6 is 0 Å². The van der Waals surface area contributed by atoms with Crippen molar-refractivity contribution in [3.63, 3.8) is 0 Å². The van der Waals surface area contributed by atoms with E-state index < -0.39 is 37.3 Å². The van der Waals surface area contributed by atoms with Crippen LogP contribution in [0.15, 0.2) is 0 Å². The lowest BCUT2D eigenvalue weighted by Crippen LogP contribution is -2.58. The Morgan fingerprint density at radius 1 is 0.917 bits per heavy atom. The molecular formula is C6H12O6. The van der Waals surface area contributed by atoms with Gasteiger partial charge in [0, 0.05) is 0 Å². The number of aliphatic hydroxyl groups excluding tert-OH is 5. The first-order valence-corrected chi connectivity index (χ1v) is 3.56. The van der Waals surface area contributed by atoms with E-state index in [0.717, 1.165) is 0 Å². The number of ether oxygens (including phenoxy) is 1. The molecule has 1 aliphatic heterocycles. The van der Waals surface area contributed by atoms with Crippen LogP contribution in [-0.4, -0.2) is 62.8 Å². The molecule has 0 aliphatic carbocycles. The van der Waals surface area contributed by atoms with Gasteiger partial charge in [-0.1, -0.05) is 0 Å². The Hall–Kier alpha value is -0.240. The van der Waals surface area contributed by atoms with Crippen LogP contribution in [0.1, 0.15) is 0 Å². The first-order valence-electron chi connectivity index (χ1n) is 3.56. The van der Waals surface area contributed by atoms with Gasteiger partial charge in [-0.3, -0.25) is 0 Å². The molecule has 5 atom stereocenters. The third-order valence-electron chi connectivity index (χ3n) is 1.87. The average molecular weight is 180 g/mol. The van der Waals surface area contributed by atoms with Crippen LogP contribution in [0.5, 0.6) is 0 Å². The topological polar surface area (TPSA) is 110 Å². The first kappa shape index (κ1) is 9.85. The van der Waals surface area contributed by atoms with Crippen molar-refractivity contribution in [1.82, 2.24) is 0 Å². The van der Waals surface area contributed by atoms with Gasteiger partial charge in [-0.05, 0) is 0 Å². The van der Waals surface area contributed by atoms with Gasteiger partial charge in [0.15, 0.2) is 6.29 Å². The zero-order valence-electron chi connectivity index (χ0n) is 6.24. The number of rotatable bonds is 1. The van der Waals surface area contributed by atoms with E-state index in [1.54, 1.807) is 0 Å². The second-order valence-electron chi connectivity index (χ2n) is 2.72. The lowest BCUT2D eigenvalue weighted by Gasteiger charge is -2.37. The van der Waals surface area contributed by atoms with Crippen molar-refractivity contribution in [3.05, 3.63) is 0 Å². The SMILES string of the molecule is OC[C@@H]1O[C@H](O)C(O)C(O)[C@H]1O. The zero-order chi connectivity index (χ0) is 9.30. The van der Waals surface area contributed by atoms with Crippen LogP contribution in [0.25, 0.3) is 0 Å². The molecule has 1 aliphatic rings. The van der Waals surface area contributed by atoms with Gasteiger partial charge in [-0.15, -0.1) is 0 Å². The number of hydrogen-bond donors (Lipinski definition) is 5. The summed E-state index contributed by atoms with van der Waals surface area (Å²) in [7, 11) is 0. The molecule has 0 bridgehead atoms. The van der Waals surface area contributed by atoms with Crippen LogP contribution in [0, 0.1) is 0 Å². The lowest BCUT2D eigenvalue weighted by atomic mass is 10.00. The highest BCUT2D eigenvalue weighted by Crippen LogP contribution is 2.18. The van der Waals surface area contributed by atoms with E-state index >= 15 is 0 Å². The quantitative estimate of drug-likeness (QED) is 0.290. The Labute approximate surface area is 68.6 Å². The molecule has 1 fully saturated rings. The summed E-state index contributed by atoms with van der Waals surface area (Å²) in [4.78, 5) is 0. The van der Waals surface area contributed by atoms with E-state index in [-0.39, 0.29) is 0 Å². The smallest absolute Gasteiger partial charge is 0.184 e. The number of hydrogen-bond acceptors (Lipinski definition) is 6. The van der Waals surface area contributed by atoms with Gasteiger partial charge in [0.05, 0.1) is 6.61 Å². The molecule has 0 amide bonds. The highest BCUT2D eigenvalue weighted by Gasteiger charge is 2.42. The maximum Gasteiger partial charge on any atom is 0.184 e. The fraction of sp³-hybridized carbons (Fsp3) is 1.00. The fourth-order valence-electron chi connectivity index (χ4n) is 1.08. The van der Waals surface area contributed by atoms with Crippen molar-refractivity contribution in [2.45, 2.75) is 30.7 Å². The third-order valence-corrected chi connectivity index (χ3v) is 1.87. The van der Waals surface area contributed by atoms with Crippen LogP contribution in [0.4, 0.5) is 0 Å². The molecule has 2 unspecified atom stereocenters. The second-order valence-corrected chi connectivity index (χ2v) is 2.72. The van der Waals surface area contributed by atoms with Gasteiger partial charge < -0.3 is 30.3 Å². The molecule has 0 radical (unpaired) electrons. The summed E-state index contributed by atoms with van der Waals surface area (Å²) in [6, 6.07) is 0. The summed E-state index contributed by atoms with van der Waals surface area (Å²) in [6.45, 7) is -0.526. The predicted molar refractivity (Wildman–Crippen MR) is 36.0 cm³/mol. The lowest BCUT2D eigenvalue weighted by molar-refractivity contribution is -0.286. The molecule has 1 heterocycles. The van der Waals surface area contributed by atoms with Gasteiger partial charge in [0.1, 0.15) is 24.4 Å². The molecule has 12 heavy (non-hydrogen) atoms. The minimum Gasteiger partial charge on any atom is -0.394 e. The van der Waals surface area contributed by atoms with E-state index in [4.69, 9.17) is 25.5 Å². The summed E-state index contributed by atoms with van der Waals surface area (Å²) < 4.78 is 4.58. The van der Waals surface area contributed by atoms with Crippen LogP contribution in [0.3, 0.4) is 0 Å². The molecule has 0 saturated carbocycles. The van der Waals surface area contributed by atoms with Crippen LogP contribution < -0.4 is 0 Å². The van der Waals surface area contributed by atoms with E-state index in [2.05, 4.69) is 4.74 Å². The molecule has 6 nitrogen and oxygen atoms in total. The molecule has 0 aromatic carbocycles. The van der Waals surface area contributed by atoms with Crippen LogP contribution in [-0.2, 0) is 4.74 Å². The van der Waals surface area contributed by atoms with Crippen molar-refractivity contribution >= 4 is 0 Å². The standard InChI is InChI=1S/C6H12O6/c7-1-2-3(8)4(9)5(10)6(11)12-2/h2-11H,1H2/t2-,3-,4?,5?,6-/m0/s1. The fourth-order valence-corrected chi connectivity index (χ4v) is 1.08. The summed E-state index contributed by atoms with van der Waals surface area (Å²) >= 11 is 0. The molecule has 0 aromatic rings. The first-order chi connectivity index (χ1) is 5.57. The summed E-state index contributed by atoms with van der Waals surface area (Å²) in [6.07, 6.45) is -7.04. The largest absolute Gasteiger partial charge is 0.394 e. The summed E-state index contributed by atoms with van der Waals surface area (Å²) in [5.74, 6) is 0. The van der Waals surface area contributed by atoms with E-state index in [1.807, 2.05) is 0 Å². The van der Waals surface area contributed by atoms with E-state index in [0.29, 0.717) is 0 Å². The molecule has 72 valence electrons. The Balaban J connectivity index is 2.63. The minimum atomic E-state index is -1.57. The van der Waals surface area contributed by atoms with Crippen molar-refractivity contribution in [3.8, 4) is 0 Å². The Kier molecular flexibility index (Phi) is 2.99. The van der Waals surface area contributed by atoms with Crippen molar-refractivity contribution in [2.24, 2.45) is 0 Å². The molecule has 1 saturated heterocycles. The Morgan fingerprint density at radius 3 is 2.00 bits per heavy atom. The molecular weight excluding hydrogens is 168 g/mol. The third kappa shape index (κ3) is 1.58. The summed E-state index contributed by atoms with van der Waals surface area (Å²) in [5.41, 5.74) is 0. The molecule has 0 aromatic heterocycles. The van der Waals surface area contributed by atoms with Crippen molar-refractivity contribution in [1.29, 1.82) is 0 Å². The van der Waals surface area contributed by atoms with Gasteiger partial charge in [-0.2, -0.15) is 0 Å².